The van der Waals surface area contributed by atoms with Gasteiger partial charge in [0.05, 0.1) is 12.5 Å². The number of fused-ring (bicyclic) bond motifs is 2. The van der Waals surface area contributed by atoms with E-state index in [-0.39, 0.29) is 17.3 Å². The van der Waals surface area contributed by atoms with E-state index in [1.807, 2.05) is 30.3 Å². The summed E-state index contributed by atoms with van der Waals surface area (Å²) < 4.78 is 5.35. The zero-order valence-corrected chi connectivity index (χ0v) is 12.0. The van der Waals surface area contributed by atoms with E-state index >= 15 is 0 Å². The van der Waals surface area contributed by atoms with Crippen molar-refractivity contribution in [3.63, 3.8) is 0 Å². The second-order valence-electron chi connectivity index (χ2n) is 6.27. The van der Waals surface area contributed by atoms with E-state index in [4.69, 9.17) is 4.74 Å². The third-order valence-corrected chi connectivity index (χ3v) is 5.29. The van der Waals surface area contributed by atoms with Gasteiger partial charge in [0.1, 0.15) is 5.41 Å². The lowest BCUT2D eigenvalue weighted by atomic mass is 9.71. The number of nitrogens with zero attached hydrogens (tertiary/aromatic N) is 1. The number of cyclic esters (lactones) is 1. The minimum atomic E-state index is -0.363. The van der Waals surface area contributed by atoms with Crippen LogP contribution < -0.4 is 0 Å². The Morgan fingerprint density at radius 2 is 2.14 bits per heavy atom. The van der Waals surface area contributed by atoms with Gasteiger partial charge in [-0.3, -0.25) is 9.69 Å². The van der Waals surface area contributed by atoms with Gasteiger partial charge in [0, 0.05) is 24.6 Å². The molecule has 0 bridgehead atoms. The van der Waals surface area contributed by atoms with Crippen LogP contribution in [-0.2, 0) is 9.53 Å². The van der Waals surface area contributed by atoms with E-state index in [9.17, 15) is 4.79 Å². The van der Waals surface area contributed by atoms with E-state index in [2.05, 4.69) is 16.7 Å². The minimum Gasteiger partial charge on any atom is -0.465 e. The maximum absolute atomic E-state index is 12.4. The molecule has 0 amide bonds. The fourth-order valence-corrected chi connectivity index (χ4v) is 4.29. The summed E-state index contributed by atoms with van der Waals surface area (Å²) in [7, 11) is 0. The number of hydrogen-bond acceptors (Lipinski definition) is 3. The molecule has 3 atom stereocenters. The fraction of sp³-hybridized carbons (Fsp3) is 0.500. The molecule has 3 fully saturated rings. The molecule has 3 aliphatic heterocycles. The Bertz CT molecular complexity index is 615. The van der Waals surface area contributed by atoms with Crippen molar-refractivity contribution in [2.45, 2.75) is 25.3 Å². The fourth-order valence-electron chi connectivity index (χ4n) is 4.29. The highest BCUT2D eigenvalue weighted by molar-refractivity contribution is 5.81. The van der Waals surface area contributed by atoms with E-state index in [0.717, 1.165) is 31.5 Å². The molecule has 1 aromatic carbocycles. The van der Waals surface area contributed by atoms with Crippen molar-refractivity contribution < 1.29 is 9.53 Å². The maximum atomic E-state index is 12.4. The number of benzene rings is 1. The molecule has 108 valence electrons. The monoisotopic (exact) mass is 281 g/mol. The van der Waals surface area contributed by atoms with Crippen LogP contribution in [0.15, 0.2) is 30.3 Å². The zero-order valence-electron chi connectivity index (χ0n) is 12.0. The highest BCUT2D eigenvalue weighted by Gasteiger charge is 2.62. The number of hydrogen-bond donors (Lipinski definition) is 0. The van der Waals surface area contributed by atoms with E-state index in [1.165, 1.54) is 6.42 Å². The first-order valence-electron chi connectivity index (χ1n) is 7.78. The van der Waals surface area contributed by atoms with Gasteiger partial charge in [0.25, 0.3) is 0 Å². The first kappa shape index (κ1) is 12.9. The average Bonchev–Trinajstić information content (AvgIpc) is 3.17. The van der Waals surface area contributed by atoms with Crippen molar-refractivity contribution >= 4 is 5.97 Å². The van der Waals surface area contributed by atoms with Crippen molar-refractivity contribution in [1.82, 2.24) is 4.90 Å². The Kier molecular flexibility index (Phi) is 3.01. The highest BCUT2D eigenvalue weighted by atomic mass is 16.5. The summed E-state index contributed by atoms with van der Waals surface area (Å²) in [6, 6.07) is 10.4. The second kappa shape index (κ2) is 4.89. The number of esters is 1. The van der Waals surface area contributed by atoms with Crippen LogP contribution in [0.25, 0.3) is 0 Å². The van der Waals surface area contributed by atoms with Gasteiger partial charge in [-0.15, -0.1) is 0 Å². The minimum absolute atomic E-state index is 0.00994. The van der Waals surface area contributed by atoms with Crippen LogP contribution in [0.4, 0.5) is 0 Å². The van der Waals surface area contributed by atoms with Crippen LogP contribution in [0.1, 0.15) is 24.8 Å². The quantitative estimate of drug-likeness (QED) is 0.538. The Morgan fingerprint density at radius 1 is 1.29 bits per heavy atom. The largest absolute Gasteiger partial charge is 0.465 e. The summed E-state index contributed by atoms with van der Waals surface area (Å²) in [5, 5.41) is 0. The third kappa shape index (κ3) is 1.90. The van der Waals surface area contributed by atoms with Crippen LogP contribution in [0.5, 0.6) is 0 Å². The molecule has 0 radical (unpaired) electrons. The van der Waals surface area contributed by atoms with E-state index in [1.54, 1.807) is 0 Å². The van der Waals surface area contributed by atoms with Gasteiger partial charge in [0.15, 0.2) is 0 Å². The van der Waals surface area contributed by atoms with Gasteiger partial charge in [-0.25, -0.2) is 0 Å². The van der Waals surface area contributed by atoms with Crippen molar-refractivity contribution in [2.75, 3.05) is 19.7 Å². The Labute approximate surface area is 125 Å². The third-order valence-electron chi connectivity index (χ3n) is 5.29. The van der Waals surface area contributed by atoms with E-state index < -0.39 is 0 Å². The van der Waals surface area contributed by atoms with Crippen LogP contribution in [0, 0.1) is 23.2 Å². The summed E-state index contributed by atoms with van der Waals surface area (Å²) in [6.07, 6.45) is 3.14. The lowest BCUT2D eigenvalue weighted by molar-refractivity contribution is -0.148. The average molecular weight is 281 g/mol. The Morgan fingerprint density at radius 3 is 2.90 bits per heavy atom. The predicted molar refractivity (Wildman–Crippen MR) is 79.4 cm³/mol. The van der Waals surface area contributed by atoms with Crippen molar-refractivity contribution in [2.24, 2.45) is 11.3 Å². The number of carbonyl (C=O) groups excluding carboxylic acids is 1. The van der Waals surface area contributed by atoms with Crippen LogP contribution in [-0.4, -0.2) is 36.6 Å². The summed E-state index contributed by atoms with van der Waals surface area (Å²) in [5.41, 5.74) is 0.657. The first-order chi connectivity index (χ1) is 10.3. The lowest BCUT2D eigenvalue weighted by Gasteiger charge is -2.28. The topological polar surface area (TPSA) is 29.5 Å². The predicted octanol–water partition coefficient (Wildman–Crippen LogP) is 2.07. The molecule has 0 N–H and O–H groups in total. The van der Waals surface area contributed by atoms with Gasteiger partial charge >= 0.3 is 5.97 Å². The number of ether oxygens (including phenoxy) is 1. The molecule has 1 aromatic rings. The first-order valence-corrected chi connectivity index (χ1v) is 7.78. The smallest absolute Gasteiger partial charge is 0.315 e. The number of rotatable bonds is 0. The molecule has 3 heterocycles. The molecule has 0 aromatic heterocycles. The summed E-state index contributed by atoms with van der Waals surface area (Å²) in [6.45, 7) is 2.58. The normalized spacial score (nSPS) is 34.6. The maximum Gasteiger partial charge on any atom is 0.315 e. The zero-order chi connectivity index (χ0) is 14.3. The molecule has 3 saturated heterocycles. The molecule has 21 heavy (non-hydrogen) atoms. The Hall–Kier alpha value is -1.79. The lowest BCUT2D eigenvalue weighted by Crippen LogP contribution is -2.41. The van der Waals surface area contributed by atoms with Crippen molar-refractivity contribution in [3.05, 3.63) is 35.9 Å². The van der Waals surface area contributed by atoms with Crippen molar-refractivity contribution in [1.29, 1.82) is 0 Å². The van der Waals surface area contributed by atoms with Gasteiger partial charge in [-0.2, -0.15) is 0 Å². The van der Waals surface area contributed by atoms with E-state index in [0.29, 0.717) is 12.6 Å². The van der Waals surface area contributed by atoms with Crippen LogP contribution >= 0.6 is 0 Å². The highest BCUT2D eigenvalue weighted by Crippen LogP contribution is 2.51. The molecule has 3 nitrogen and oxygen atoms in total. The standard InChI is InChI=1S/C18H19NO2/c20-17-18(10-12-21-17)15(13-19-11-4-7-16(18)19)9-8-14-5-2-1-3-6-14/h1-3,5-6,15-16H,4,7,10-13H2/t15-,16+,18+/m1/s1. The SMILES string of the molecule is O=C1OCC[C@@]12[C@H](C#Cc1ccccc1)CN1CCC[C@H]12. The van der Waals surface area contributed by atoms with Gasteiger partial charge in [-0.1, -0.05) is 30.0 Å². The molecule has 3 heteroatoms. The molecular formula is C18H19NO2. The summed E-state index contributed by atoms with van der Waals surface area (Å²) in [5.74, 6) is 6.76. The molecule has 3 aliphatic rings. The Balaban J connectivity index is 1.68. The molecule has 0 aliphatic carbocycles. The van der Waals surface area contributed by atoms with Crippen molar-refractivity contribution in [3.8, 4) is 11.8 Å². The summed E-state index contributed by atoms with van der Waals surface area (Å²) >= 11 is 0. The molecule has 0 saturated carbocycles. The second-order valence-corrected chi connectivity index (χ2v) is 6.27. The molecular weight excluding hydrogens is 262 g/mol. The number of carbonyl (C=O) groups is 1. The molecule has 1 spiro atoms. The van der Waals surface area contributed by atoms with Gasteiger partial charge < -0.3 is 4.74 Å². The summed E-state index contributed by atoms with van der Waals surface area (Å²) in [4.78, 5) is 14.9. The van der Waals surface area contributed by atoms with Crippen LogP contribution in [0.2, 0.25) is 0 Å². The molecule has 0 unspecified atom stereocenters. The molecule has 4 rings (SSSR count). The van der Waals surface area contributed by atoms with Crippen LogP contribution in [0.3, 0.4) is 0 Å². The van der Waals surface area contributed by atoms with Gasteiger partial charge in [-0.05, 0) is 31.5 Å². The van der Waals surface area contributed by atoms with Gasteiger partial charge in [0.2, 0.25) is 0 Å².